The first kappa shape index (κ1) is 19.1. The van der Waals surface area contributed by atoms with Gasteiger partial charge in [-0.15, -0.1) is 0 Å². The zero-order chi connectivity index (χ0) is 20.5. The predicted molar refractivity (Wildman–Crippen MR) is 116 cm³/mol. The highest BCUT2D eigenvalue weighted by molar-refractivity contribution is 8.26. The number of benzene rings is 1. The van der Waals surface area contributed by atoms with Crippen molar-refractivity contribution in [2.75, 3.05) is 11.9 Å². The Morgan fingerprint density at radius 1 is 1.21 bits per heavy atom. The fraction of sp³-hybridized carbons (Fsp3) is 0.250. The highest BCUT2D eigenvalue weighted by atomic mass is 32.2. The highest BCUT2D eigenvalue weighted by Crippen LogP contribution is 2.22. The summed E-state index contributed by atoms with van der Waals surface area (Å²) < 4.78 is 2.08. The Bertz CT molecular complexity index is 1140. The highest BCUT2D eigenvalue weighted by Gasteiger charge is 2.22. The number of thioether (sulfide) groups is 1. The van der Waals surface area contributed by atoms with Gasteiger partial charge in [-0.25, -0.2) is 14.8 Å². The van der Waals surface area contributed by atoms with Crippen molar-refractivity contribution < 1.29 is 4.79 Å². The minimum absolute atomic E-state index is 0.206. The van der Waals surface area contributed by atoms with Crippen LogP contribution in [0.15, 0.2) is 36.7 Å². The predicted octanol–water partition coefficient (Wildman–Crippen LogP) is 3.84. The number of aryl methyl sites for hydroxylation is 1. The lowest BCUT2D eigenvalue weighted by molar-refractivity contribution is 0.195. The average Bonchev–Trinajstić information content (AvgIpc) is 3.06. The van der Waals surface area contributed by atoms with Gasteiger partial charge in [0.05, 0.1) is 17.3 Å². The largest absolute Gasteiger partial charge is 0.331 e. The second-order valence-corrected chi connectivity index (χ2v) is 8.19. The topological polar surface area (TPSA) is 111 Å². The average molecular weight is 408 g/mol. The van der Waals surface area contributed by atoms with Crippen LogP contribution in [-0.4, -0.2) is 42.1 Å². The molecular weight excluding hydrogens is 386 g/mol. The van der Waals surface area contributed by atoms with E-state index in [1.54, 1.807) is 24.1 Å². The summed E-state index contributed by atoms with van der Waals surface area (Å²) in [5, 5.41) is 21.0. The Morgan fingerprint density at radius 3 is 2.83 bits per heavy atom. The SMILES string of the molecule is CC(=N)SC(=N)c1ccc2cnc(NC(=O)N3CCn4cc(C)nc4C3)cc2c1. The van der Waals surface area contributed by atoms with Gasteiger partial charge in [0.15, 0.2) is 0 Å². The molecule has 29 heavy (non-hydrogen) atoms. The van der Waals surface area contributed by atoms with Crippen molar-refractivity contribution >= 4 is 44.5 Å². The Kier molecular flexibility index (Phi) is 5.06. The molecule has 8 nitrogen and oxygen atoms in total. The van der Waals surface area contributed by atoms with Gasteiger partial charge in [-0.2, -0.15) is 0 Å². The first-order valence-corrected chi connectivity index (χ1v) is 10.0. The molecule has 2 amide bonds. The van der Waals surface area contributed by atoms with Crippen LogP contribution in [0.4, 0.5) is 10.6 Å². The Balaban J connectivity index is 1.51. The summed E-state index contributed by atoms with van der Waals surface area (Å²) in [5.74, 6) is 1.35. The molecule has 3 heterocycles. The van der Waals surface area contributed by atoms with Crippen LogP contribution in [0.2, 0.25) is 0 Å². The van der Waals surface area contributed by atoms with E-state index in [0.29, 0.717) is 29.0 Å². The monoisotopic (exact) mass is 407 g/mol. The van der Waals surface area contributed by atoms with Gasteiger partial charge >= 0.3 is 6.03 Å². The number of nitrogens with one attached hydrogen (secondary N) is 3. The Morgan fingerprint density at radius 2 is 2.03 bits per heavy atom. The molecule has 0 bridgehead atoms. The lowest BCUT2D eigenvalue weighted by atomic mass is 10.1. The van der Waals surface area contributed by atoms with Crippen molar-refractivity contribution in [1.29, 1.82) is 10.8 Å². The van der Waals surface area contributed by atoms with Gasteiger partial charge in [-0.1, -0.05) is 23.9 Å². The molecule has 0 radical (unpaired) electrons. The van der Waals surface area contributed by atoms with Gasteiger partial charge in [0.2, 0.25) is 0 Å². The van der Waals surface area contributed by atoms with Crippen LogP contribution in [-0.2, 0) is 13.1 Å². The minimum Gasteiger partial charge on any atom is -0.331 e. The molecule has 148 valence electrons. The first-order chi connectivity index (χ1) is 13.9. The van der Waals surface area contributed by atoms with E-state index in [4.69, 9.17) is 10.8 Å². The molecule has 9 heteroatoms. The number of urea groups is 1. The van der Waals surface area contributed by atoms with Gasteiger partial charge < -0.3 is 9.47 Å². The van der Waals surface area contributed by atoms with Crippen LogP contribution in [0.3, 0.4) is 0 Å². The second-order valence-electron chi connectivity index (χ2n) is 6.96. The summed E-state index contributed by atoms with van der Waals surface area (Å²) in [7, 11) is 0. The zero-order valence-electron chi connectivity index (χ0n) is 16.2. The van der Waals surface area contributed by atoms with Gasteiger partial charge in [-0.3, -0.25) is 16.1 Å². The molecule has 0 saturated carbocycles. The molecule has 1 aliphatic rings. The lowest BCUT2D eigenvalue weighted by Crippen LogP contribution is -2.40. The third kappa shape index (κ3) is 4.14. The fourth-order valence-electron chi connectivity index (χ4n) is 3.32. The minimum atomic E-state index is -0.206. The van der Waals surface area contributed by atoms with E-state index >= 15 is 0 Å². The summed E-state index contributed by atoms with van der Waals surface area (Å²) >= 11 is 1.11. The van der Waals surface area contributed by atoms with Crippen LogP contribution in [0.1, 0.15) is 24.0 Å². The summed E-state index contributed by atoms with van der Waals surface area (Å²) in [6.45, 7) is 5.42. The van der Waals surface area contributed by atoms with Crippen molar-refractivity contribution in [2.24, 2.45) is 0 Å². The third-order valence-corrected chi connectivity index (χ3v) is 5.43. The van der Waals surface area contributed by atoms with Crippen molar-refractivity contribution in [1.82, 2.24) is 19.4 Å². The summed E-state index contributed by atoms with van der Waals surface area (Å²) in [6, 6.07) is 7.22. The van der Waals surface area contributed by atoms with E-state index in [1.165, 1.54) is 0 Å². The normalized spacial score (nSPS) is 13.2. The molecule has 1 aliphatic heterocycles. The Hall–Kier alpha value is -3.20. The number of anilines is 1. The lowest BCUT2D eigenvalue weighted by Gasteiger charge is -2.27. The van der Waals surface area contributed by atoms with E-state index in [1.807, 2.05) is 31.3 Å². The quantitative estimate of drug-likeness (QED) is 0.443. The van der Waals surface area contributed by atoms with Gasteiger partial charge in [-0.05, 0) is 31.4 Å². The van der Waals surface area contributed by atoms with E-state index in [-0.39, 0.29) is 6.03 Å². The number of pyridine rings is 1. The second kappa shape index (κ2) is 7.67. The zero-order valence-corrected chi connectivity index (χ0v) is 17.0. The molecule has 0 fully saturated rings. The van der Waals surface area contributed by atoms with Crippen molar-refractivity contribution in [3.8, 4) is 0 Å². The fourth-order valence-corrected chi connectivity index (χ4v) is 3.87. The maximum atomic E-state index is 12.7. The van der Waals surface area contributed by atoms with Crippen LogP contribution in [0.25, 0.3) is 10.8 Å². The molecule has 2 aromatic heterocycles. The molecule has 3 aromatic rings. The molecule has 0 spiro atoms. The number of rotatable bonds is 2. The molecule has 1 aromatic carbocycles. The van der Waals surface area contributed by atoms with Crippen molar-refractivity contribution in [2.45, 2.75) is 26.9 Å². The van der Waals surface area contributed by atoms with Crippen LogP contribution in [0, 0.1) is 17.7 Å². The standard InChI is InChI=1S/C20H21N7OS/c1-12-10-26-5-6-27(11-18(26)24-12)20(28)25-17-8-16-7-14(19(22)29-13(2)21)3-4-15(16)9-23-17/h3-4,7-10,21-22H,5-6,11H2,1-2H3,(H,23,25,28). The summed E-state index contributed by atoms with van der Waals surface area (Å²) in [6.07, 6.45) is 3.71. The van der Waals surface area contributed by atoms with E-state index in [0.717, 1.165) is 46.2 Å². The molecular formula is C20H21N7OS. The Labute approximate surface area is 172 Å². The number of carbonyl (C=O) groups is 1. The maximum Gasteiger partial charge on any atom is 0.323 e. The first-order valence-electron chi connectivity index (χ1n) is 9.19. The number of hydrogen-bond acceptors (Lipinski definition) is 6. The van der Waals surface area contributed by atoms with Gasteiger partial charge in [0.25, 0.3) is 0 Å². The number of aromatic nitrogens is 3. The maximum absolute atomic E-state index is 12.7. The number of fused-ring (bicyclic) bond motifs is 2. The van der Waals surface area contributed by atoms with Gasteiger partial charge in [0.1, 0.15) is 16.7 Å². The molecule has 0 aliphatic carbocycles. The molecule has 4 rings (SSSR count). The van der Waals surface area contributed by atoms with Crippen molar-refractivity contribution in [3.63, 3.8) is 0 Å². The number of imidazole rings is 1. The summed E-state index contributed by atoms with van der Waals surface area (Å²) in [5.41, 5.74) is 1.69. The third-order valence-electron chi connectivity index (χ3n) is 4.68. The number of hydrogen-bond donors (Lipinski definition) is 3. The van der Waals surface area contributed by atoms with Crippen molar-refractivity contribution in [3.05, 3.63) is 53.7 Å². The van der Waals surface area contributed by atoms with Crippen LogP contribution < -0.4 is 5.32 Å². The van der Waals surface area contributed by atoms with E-state index < -0.39 is 0 Å². The van der Waals surface area contributed by atoms with Gasteiger partial charge in [0, 0.05) is 36.4 Å². The van der Waals surface area contributed by atoms with E-state index in [2.05, 4.69) is 19.9 Å². The van der Waals surface area contributed by atoms with E-state index in [9.17, 15) is 4.79 Å². The molecule has 0 atom stereocenters. The smallest absolute Gasteiger partial charge is 0.323 e. The van der Waals surface area contributed by atoms with Crippen LogP contribution >= 0.6 is 11.8 Å². The number of nitrogens with zero attached hydrogens (tertiary/aromatic N) is 4. The summed E-state index contributed by atoms with van der Waals surface area (Å²) in [4.78, 5) is 23.2. The molecule has 3 N–H and O–H groups in total. The molecule has 0 unspecified atom stereocenters. The number of amides is 2. The number of carbonyl (C=O) groups excluding carboxylic acids is 1. The molecule has 0 saturated heterocycles. The van der Waals surface area contributed by atoms with Crippen LogP contribution in [0.5, 0.6) is 0 Å².